The molecule has 0 fully saturated rings. The number of methoxy groups -OCH3 is 1. The van der Waals surface area contributed by atoms with Gasteiger partial charge < -0.3 is 10.1 Å². The van der Waals surface area contributed by atoms with Crippen LogP contribution in [0.4, 0.5) is 11.4 Å². The Morgan fingerprint density at radius 2 is 1.89 bits per heavy atom. The molecule has 0 saturated carbocycles. The summed E-state index contributed by atoms with van der Waals surface area (Å²) in [6.45, 7) is 5.71. The molecule has 1 N–H and O–H groups in total. The van der Waals surface area contributed by atoms with E-state index in [9.17, 15) is 14.9 Å². The molecule has 0 aliphatic heterocycles. The fourth-order valence-corrected chi connectivity index (χ4v) is 2.72. The third kappa shape index (κ3) is 3.54. The van der Waals surface area contributed by atoms with Crippen molar-refractivity contribution < 1.29 is 14.5 Å². The molecule has 2 aromatic carbocycles. The Morgan fingerprint density at radius 1 is 1.14 bits per heavy atom. The van der Waals surface area contributed by atoms with Gasteiger partial charge >= 0.3 is 0 Å². The number of aryl methyl sites for hydroxylation is 2. The summed E-state index contributed by atoms with van der Waals surface area (Å²) in [6, 6.07) is 9.99. The average molecular weight is 381 g/mol. The van der Waals surface area contributed by atoms with Crippen LogP contribution >= 0.6 is 0 Å². The SMILES string of the molecule is COc1ccc(NC(=O)c2nnn(-c3ccc(C)c(C)c3)c2C)c([N+](=O)[O-])c1. The first kappa shape index (κ1) is 19.0. The number of nitrogens with one attached hydrogen (secondary N) is 1. The lowest BCUT2D eigenvalue weighted by Crippen LogP contribution is -2.15. The topological polar surface area (TPSA) is 112 Å². The summed E-state index contributed by atoms with van der Waals surface area (Å²) in [5, 5.41) is 21.8. The van der Waals surface area contributed by atoms with E-state index in [4.69, 9.17) is 4.74 Å². The Bertz CT molecular complexity index is 1070. The summed E-state index contributed by atoms with van der Waals surface area (Å²) in [5.74, 6) is -0.262. The lowest BCUT2D eigenvalue weighted by Gasteiger charge is -2.08. The van der Waals surface area contributed by atoms with Gasteiger partial charge in [0.1, 0.15) is 11.4 Å². The van der Waals surface area contributed by atoms with E-state index >= 15 is 0 Å². The number of nitro groups is 1. The summed E-state index contributed by atoms with van der Waals surface area (Å²) < 4.78 is 6.56. The van der Waals surface area contributed by atoms with Crippen molar-refractivity contribution in [2.75, 3.05) is 12.4 Å². The highest BCUT2D eigenvalue weighted by Gasteiger charge is 2.22. The lowest BCUT2D eigenvalue weighted by atomic mass is 10.1. The number of ether oxygens (including phenoxy) is 1. The first-order valence-corrected chi connectivity index (χ1v) is 8.45. The van der Waals surface area contributed by atoms with Crippen LogP contribution in [0.25, 0.3) is 5.69 Å². The highest BCUT2D eigenvalue weighted by atomic mass is 16.6. The maximum Gasteiger partial charge on any atom is 0.296 e. The highest BCUT2D eigenvalue weighted by molar-refractivity contribution is 6.04. The summed E-state index contributed by atoms with van der Waals surface area (Å²) in [4.78, 5) is 23.4. The minimum absolute atomic E-state index is 0.0518. The molecule has 0 bridgehead atoms. The van der Waals surface area contributed by atoms with Crippen molar-refractivity contribution in [3.05, 3.63) is 69.0 Å². The van der Waals surface area contributed by atoms with Crippen LogP contribution in [-0.2, 0) is 0 Å². The third-order valence-electron chi connectivity index (χ3n) is 4.49. The second-order valence-corrected chi connectivity index (χ2v) is 6.30. The number of anilines is 1. The van der Waals surface area contributed by atoms with Crippen LogP contribution < -0.4 is 10.1 Å². The van der Waals surface area contributed by atoms with Crippen LogP contribution in [0, 0.1) is 30.9 Å². The van der Waals surface area contributed by atoms with E-state index in [1.807, 2.05) is 32.0 Å². The summed E-state index contributed by atoms with van der Waals surface area (Å²) in [5.41, 5.74) is 3.41. The van der Waals surface area contributed by atoms with Crippen LogP contribution in [0.5, 0.6) is 5.75 Å². The largest absolute Gasteiger partial charge is 0.496 e. The molecule has 144 valence electrons. The second kappa shape index (κ2) is 7.47. The monoisotopic (exact) mass is 381 g/mol. The fraction of sp³-hybridized carbons (Fsp3) is 0.211. The molecular weight excluding hydrogens is 362 g/mol. The molecule has 1 amide bonds. The van der Waals surface area contributed by atoms with E-state index in [1.165, 1.54) is 25.3 Å². The first-order chi connectivity index (χ1) is 13.3. The molecule has 0 saturated heterocycles. The van der Waals surface area contributed by atoms with Crippen LogP contribution in [-0.4, -0.2) is 32.9 Å². The van der Waals surface area contributed by atoms with Crippen LogP contribution in [0.15, 0.2) is 36.4 Å². The number of hydrogen-bond donors (Lipinski definition) is 1. The van der Waals surface area contributed by atoms with E-state index in [0.717, 1.165) is 16.8 Å². The average Bonchev–Trinajstić information content (AvgIpc) is 3.05. The highest BCUT2D eigenvalue weighted by Crippen LogP contribution is 2.29. The zero-order valence-corrected chi connectivity index (χ0v) is 15.9. The lowest BCUT2D eigenvalue weighted by molar-refractivity contribution is -0.384. The molecule has 0 unspecified atom stereocenters. The molecule has 1 aromatic heterocycles. The predicted molar refractivity (Wildman–Crippen MR) is 103 cm³/mol. The van der Waals surface area contributed by atoms with Crippen LogP contribution in [0.2, 0.25) is 0 Å². The normalized spacial score (nSPS) is 10.6. The number of hydrogen-bond acceptors (Lipinski definition) is 6. The third-order valence-corrected chi connectivity index (χ3v) is 4.49. The smallest absolute Gasteiger partial charge is 0.296 e. The number of rotatable bonds is 5. The summed E-state index contributed by atoms with van der Waals surface area (Å²) in [6.07, 6.45) is 0. The van der Waals surface area contributed by atoms with Gasteiger partial charge in [-0.2, -0.15) is 0 Å². The number of nitro benzene ring substituents is 1. The van der Waals surface area contributed by atoms with Crippen molar-refractivity contribution in [3.8, 4) is 11.4 Å². The minimum atomic E-state index is -0.586. The molecule has 9 nitrogen and oxygen atoms in total. The van der Waals surface area contributed by atoms with E-state index < -0.39 is 10.8 Å². The minimum Gasteiger partial charge on any atom is -0.496 e. The van der Waals surface area contributed by atoms with Gasteiger partial charge in [-0.25, -0.2) is 4.68 Å². The van der Waals surface area contributed by atoms with Gasteiger partial charge in [0, 0.05) is 0 Å². The van der Waals surface area contributed by atoms with Gasteiger partial charge in [-0.3, -0.25) is 14.9 Å². The first-order valence-electron chi connectivity index (χ1n) is 8.45. The van der Waals surface area contributed by atoms with Crippen molar-refractivity contribution in [1.29, 1.82) is 0 Å². The molecule has 1 heterocycles. The van der Waals surface area contributed by atoms with Gasteiger partial charge in [0.05, 0.1) is 29.5 Å². The van der Waals surface area contributed by atoms with Gasteiger partial charge in [0.25, 0.3) is 11.6 Å². The van der Waals surface area contributed by atoms with Crippen molar-refractivity contribution in [1.82, 2.24) is 15.0 Å². The van der Waals surface area contributed by atoms with Crippen molar-refractivity contribution in [3.63, 3.8) is 0 Å². The van der Waals surface area contributed by atoms with E-state index in [1.54, 1.807) is 11.6 Å². The number of aromatic nitrogens is 3. The number of nitrogens with zero attached hydrogens (tertiary/aromatic N) is 4. The van der Waals surface area contributed by atoms with Gasteiger partial charge in [0.15, 0.2) is 5.69 Å². The van der Waals surface area contributed by atoms with Gasteiger partial charge in [-0.15, -0.1) is 5.10 Å². The van der Waals surface area contributed by atoms with Crippen molar-refractivity contribution in [2.24, 2.45) is 0 Å². The van der Waals surface area contributed by atoms with E-state index in [-0.39, 0.29) is 17.1 Å². The number of benzene rings is 2. The molecule has 3 rings (SSSR count). The van der Waals surface area contributed by atoms with Gasteiger partial charge in [0.2, 0.25) is 0 Å². The predicted octanol–water partition coefficient (Wildman–Crippen LogP) is 3.36. The molecular formula is C19H19N5O4. The Kier molecular flexibility index (Phi) is 5.08. The Hall–Kier alpha value is -3.75. The van der Waals surface area contributed by atoms with Crippen molar-refractivity contribution in [2.45, 2.75) is 20.8 Å². The Balaban J connectivity index is 1.91. The van der Waals surface area contributed by atoms with E-state index in [0.29, 0.717) is 11.4 Å². The molecule has 28 heavy (non-hydrogen) atoms. The molecule has 0 spiro atoms. The fourth-order valence-electron chi connectivity index (χ4n) is 2.72. The molecule has 9 heteroatoms. The van der Waals surface area contributed by atoms with Crippen molar-refractivity contribution >= 4 is 17.3 Å². The van der Waals surface area contributed by atoms with Crippen LogP contribution in [0.1, 0.15) is 27.3 Å². The van der Waals surface area contributed by atoms with E-state index in [2.05, 4.69) is 15.6 Å². The molecule has 0 aliphatic carbocycles. The zero-order chi connectivity index (χ0) is 20.4. The molecule has 3 aromatic rings. The zero-order valence-electron chi connectivity index (χ0n) is 15.9. The van der Waals surface area contributed by atoms with Gasteiger partial charge in [-0.1, -0.05) is 11.3 Å². The van der Waals surface area contributed by atoms with Crippen LogP contribution in [0.3, 0.4) is 0 Å². The number of carbonyl (C=O) groups excluding carboxylic acids is 1. The summed E-state index contributed by atoms with van der Waals surface area (Å²) >= 11 is 0. The Morgan fingerprint density at radius 3 is 2.54 bits per heavy atom. The maximum absolute atomic E-state index is 12.6. The number of carbonyl (C=O) groups is 1. The molecule has 0 atom stereocenters. The second-order valence-electron chi connectivity index (χ2n) is 6.30. The Labute approximate surface area is 161 Å². The quantitative estimate of drug-likeness (QED) is 0.536. The number of amides is 1. The maximum atomic E-state index is 12.6. The molecule has 0 radical (unpaired) electrons. The molecule has 0 aliphatic rings. The standard InChI is InChI=1S/C19H19N5O4/c1-11-5-6-14(9-12(11)2)23-13(3)18(21-22-23)19(25)20-16-8-7-15(28-4)10-17(16)24(26)27/h5-10H,1-4H3,(H,20,25). The van der Waals surface area contributed by atoms with Gasteiger partial charge in [-0.05, 0) is 56.2 Å². The summed E-state index contributed by atoms with van der Waals surface area (Å²) in [7, 11) is 1.41.